The Hall–Kier alpha value is -1.60. The molecule has 2 N–H and O–H groups in total. The number of ether oxygens (including phenoxy) is 1. The first-order chi connectivity index (χ1) is 10.8. The molecule has 22 heavy (non-hydrogen) atoms. The maximum Gasteiger partial charge on any atom is 0.191 e. The molecule has 0 radical (unpaired) electrons. The summed E-state index contributed by atoms with van der Waals surface area (Å²) >= 11 is 0. The molecular weight excluding hydrogens is 280 g/mol. The van der Waals surface area contributed by atoms with E-state index in [0.717, 1.165) is 65.0 Å². The normalized spacial score (nSPS) is 16.7. The Kier molecular flexibility index (Phi) is 7.18. The fourth-order valence-corrected chi connectivity index (χ4v) is 2.35. The van der Waals surface area contributed by atoms with Gasteiger partial charge in [-0.05, 0) is 19.4 Å². The fourth-order valence-electron chi connectivity index (χ4n) is 2.35. The average Bonchev–Trinajstić information content (AvgIpc) is 2.94. The van der Waals surface area contributed by atoms with Gasteiger partial charge in [0.1, 0.15) is 0 Å². The highest BCUT2D eigenvalue weighted by Gasteiger charge is 2.09. The quantitative estimate of drug-likeness (QED) is 0.551. The predicted octanol–water partition coefficient (Wildman–Crippen LogP) is 0.0788. The van der Waals surface area contributed by atoms with Crippen molar-refractivity contribution in [3.63, 3.8) is 0 Å². The minimum Gasteiger partial charge on any atom is -0.379 e. The second-order valence-corrected chi connectivity index (χ2v) is 5.42. The summed E-state index contributed by atoms with van der Waals surface area (Å²) in [6.07, 6.45) is 3.92. The molecule has 2 heterocycles. The molecule has 0 aromatic carbocycles. The summed E-state index contributed by atoms with van der Waals surface area (Å²) in [5.41, 5.74) is 1.19. The lowest BCUT2D eigenvalue weighted by molar-refractivity contribution is 0.0394. The summed E-state index contributed by atoms with van der Waals surface area (Å²) in [5, 5.41) is 10.9. The van der Waals surface area contributed by atoms with Gasteiger partial charge in [-0.1, -0.05) is 0 Å². The summed E-state index contributed by atoms with van der Waals surface area (Å²) in [4.78, 5) is 7.02. The van der Waals surface area contributed by atoms with E-state index in [1.807, 2.05) is 24.0 Å². The second kappa shape index (κ2) is 9.42. The van der Waals surface area contributed by atoms with Crippen LogP contribution in [0.25, 0.3) is 0 Å². The van der Waals surface area contributed by atoms with Gasteiger partial charge in [-0.25, -0.2) is 0 Å². The van der Waals surface area contributed by atoms with E-state index >= 15 is 0 Å². The predicted molar refractivity (Wildman–Crippen MR) is 88.2 cm³/mol. The van der Waals surface area contributed by atoms with Crippen LogP contribution in [-0.2, 0) is 11.3 Å². The van der Waals surface area contributed by atoms with Crippen molar-refractivity contribution in [3.8, 4) is 0 Å². The molecule has 1 aliphatic rings. The molecule has 0 atom stereocenters. The number of hydrogen-bond acceptors (Lipinski definition) is 4. The Morgan fingerprint density at radius 2 is 2.14 bits per heavy atom. The zero-order valence-electron chi connectivity index (χ0n) is 13.7. The van der Waals surface area contributed by atoms with Crippen LogP contribution >= 0.6 is 0 Å². The third-order valence-electron chi connectivity index (χ3n) is 3.53. The molecule has 7 heteroatoms. The maximum atomic E-state index is 5.35. The number of rotatable bonds is 7. The molecule has 0 aliphatic carbocycles. The van der Waals surface area contributed by atoms with E-state index in [1.165, 1.54) is 5.56 Å². The van der Waals surface area contributed by atoms with Crippen LogP contribution < -0.4 is 10.6 Å². The van der Waals surface area contributed by atoms with Crippen molar-refractivity contribution in [1.29, 1.82) is 0 Å². The Morgan fingerprint density at radius 3 is 2.82 bits per heavy atom. The van der Waals surface area contributed by atoms with E-state index in [1.54, 1.807) is 0 Å². The molecule has 124 valence electrons. The summed E-state index contributed by atoms with van der Waals surface area (Å²) in [5.74, 6) is 0.875. The number of nitrogens with one attached hydrogen (secondary N) is 2. The Balaban J connectivity index is 1.69. The van der Waals surface area contributed by atoms with Crippen molar-refractivity contribution in [2.45, 2.75) is 20.4 Å². The lowest BCUT2D eigenvalue weighted by Gasteiger charge is -2.25. The topological polar surface area (TPSA) is 66.7 Å². The monoisotopic (exact) mass is 308 g/mol. The zero-order valence-corrected chi connectivity index (χ0v) is 13.7. The minimum atomic E-state index is 0.802. The molecule has 2 rings (SSSR count). The van der Waals surface area contributed by atoms with Crippen LogP contribution in [0.2, 0.25) is 0 Å². The molecule has 7 nitrogen and oxygen atoms in total. The van der Waals surface area contributed by atoms with Gasteiger partial charge in [0.25, 0.3) is 0 Å². The molecule has 1 fully saturated rings. The van der Waals surface area contributed by atoms with Crippen LogP contribution in [0.1, 0.15) is 12.5 Å². The molecule has 0 spiro atoms. The Labute approximate surface area is 132 Å². The number of aryl methyl sites for hydroxylation is 1. The first-order valence-corrected chi connectivity index (χ1v) is 8.09. The van der Waals surface area contributed by atoms with E-state index < -0.39 is 0 Å². The van der Waals surface area contributed by atoms with Gasteiger partial charge >= 0.3 is 0 Å². The van der Waals surface area contributed by atoms with Crippen molar-refractivity contribution >= 4 is 5.96 Å². The van der Waals surface area contributed by atoms with E-state index in [2.05, 4.69) is 32.5 Å². The molecule has 0 amide bonds. The summed E-state index contributed by atoms with van der Waals surface area (Å²) in [6.45, 7) is 12.1. The van der Waals surface area contributed by atoms with Gasteiger partial charge in [0.2, 0.25) is 0 Å². The van der Waals surface area contributed by atoms with Crippen LogP contribution in [0, 0.1) is 6.92 Å². The standard InChI is InChI=1S/C15H28N6O/c1-3-16-15(17-4-6-20-8-10-22-11-9-20)18-5-7-21-13-14(2)12-19-21/h12-13H,3-11H2,1-2H3,(H2,16,17,18). The van der Waals surface area contributed by atoms with Gasteiger partial charge in [-0.3, -0.25) is 14.6 Å². The summed E-state index contributed by atoms with van der Waals surface area (Å²) in [6, 6.07) is 0. The van der Waals surface area contributed by atoms with Gasteiger partial charge in [0.05, 0.1) is 32.5 Å². The smallest absolute Gasteiger partial charge is 0.191 e. The molecule has 1 aromatic heterocycles. The third kappa shape index (κ3) is 6.03. The van der Waals surface area contributed by atoms with Gasteiger partial charge in [-0.2, -0.15) is 5.10 Å². The minimum absolute atomic E-state index is 0.802. The number of aliphatic imine (C=N–C) groups is 1. The first-order valence-electron chi connectivity index (χ1n) is 8.09. The van der Waals surface area contributed by atoms with Crippen molar-refractivity contribution in [2.75, 3.05) is 52.5 Å². The van der Waals surface area contributed by atoms with E-state index in [0.29, 0.717) is 0 Å². The Morgan fingerprint density at radius 1 is 1.32 bits per heavy atom. The van der Waals surface area contributed by atoms with Crippen LogP contribution in [0.4, 0.5) is 0 Å². The third-order valence-corrected chi connectivity index (χ3v) is 3.53. The molecular formula is C15H28N6O. The largest absolute Gasteiger partial charge is 0.379 e. The summed E-state index contributed by atoms with van der Waals surface area (Å²) < 4.78 is 7.30. The fraction of sp³-hybridized carbons (Fsp3) is 0.733. The van der Waals surface area contributed by atoms with Crippen LogP contribution in [0.5, 0.6) is 0 Å². The molecule has 1 aromatic rings. The lowest BCUT2D eigenvalue weighted by Crippen LogP contribution is -2.41. The highest BCUT2D eigenvalue weighted by Crippen LogP contribution is 1.96. The molecule has 0 saturated carbocycles. The van der Waals surface area contributed by atoms with Gasteiger partial charge in [0.15, 0.2) is 5.96 Å². The van der Waals surface area contributed by atoms with E-state index in [4.69, 9.17) is 4.74 Å². The summed E-state index contributed by atoms with van der Waals surface area (Å²) in [7, 11) is 0. The Bertz CT molecular complexity index is 453. The van der Waals surface area contributed by atoms with E-state index in [-0.39, 0.29) is 0 Å². The maximum absolute atomic E-state index is 5.35. The van der Waals surface area contributed by atoms with Crippen molar-refractivity contribution in [2.24, 2.45) is 4.99 Å². The number of guanidine groups is 1. The zero-order chi connectivity index (χ0) is 15.6. The van der Waals surface area contributed by atoms with Crippen LogP contribution in [0.3, 0.4) is 0 Å². The number of hydrogen-bond donors (Lipinski definition) is 2. The van der Waals surface area contributed by atoms with Crippen molar-refractivity contribution in [3.05, 3.63) is 18.0 Å². The van der Waals surface area contributed by atoms with Crippen LogP contribution in [0.15, 0.2) is 17.4 Å². The number of nitrogens with zero attached hydrogens (tertiary/aromatic N) is 4. The van der Waals surface area contributed by atoms with E-state index in [9.17, 15) is 0 Å². The highest BCUT2D eigenvalue weighted by atomic mass is 16.5. The number of aromatic nitrogens is 2. The second-order valence-electron chi connectivity index (χ2n) is 5.42. The molecule has 0 bridgehead atoms. The van der Waals surface area contributed by atoms with Gasteiger partial charge in [0, 0.05) is 38.9 Å². The highest BCUT2D eigenvalue weighted by molar-refractivity contribution is 5.79. The van der Waals surface area contributed by atoms with Crippen LogP contribution in [-0.4, -0.2) is 73.1 Å². The van der Waals surface area contributed by atoms with Crippen molar-refractivity contribution in [1.82, 2.24) is 25.3 Å². The lowest BCUT2D eigenvalue weighted by atomic mass is 10.4. The van der Waals surface area contributed by atoms with Crippen molar-refractivity contribution < 1.29 is 4.74 Å². The van der Waals surface area contributed by atoms with Gasteiger partial charge in [-0.15, -0.1) is 0 Å². The first kappa shape index (κ1) is 16.8. The number of morpholine rings is 1. The SMILES string of the molecule is CCNC(=NCCN1CCOCC1)NCCn1cc(C)cn1. The molecule has 1 aliphatic heterocycles. The van der Waals surface area contributed by atoms with Gasteiger partial charge < -0.3 is 15.4 Å². The molecule has 0 unspecified atom stereocenters. The average molecular weight is 308 g/mol. The molecule has 1 saturated heterocycles.